The van der Waals surface area contributed by atoms with Crippen LogP contribution in [-0.2, 0) is 0 Å². The van der Waals surface area contributed by atoms with Gasteiger partial charge >= 0.3 is 0 Å². The van der Waals surface area contributed by atoms with Gasteiger partial charge in [-0.05, 0) is 33.7 Å². The topological polar surface area (TPSA) is 0 Å². The first-order valence-electron chi connectivity index (χ1n) is 6.84. The van der Waals surface area contributed by atoms with Crippen LogP contribution < -0.4 is 0 Å². The van der Waals surface area contributed by atoms with Crippen LogP contribution in [0.4, 0.5) is 0 Å². The third-order valence-electron chi connectivity index (χ3n) is 3.66. The normalized spacial score (nSPS) is 11.1. The molecule has 0 heteroatoms. The standard InChI is InChI=1S/C19H18/c1-14(2)16-9-6-10-18-17(13-16)11-12-19(18)15-7-4-3-5-8-15/h3-14H,1-2H3. The highest BCUT2D eigenvalue weighted by Crippen LogP contribution is 2.35. The van der Waals surface area contributed by atoms with E-state index in [0.717, 1.165) is 0 Å². The van der Waals surface area contributed by atoms with Crippen molar-refractivity contribution in [2.24, 2.45) is 0 Å². The van der Waals surface area contributed by atoms with Gasteiger partial charge < -0.3 is 0 Å². The summed E-state index contributed by atoms with van der Waals surface area (Å²) in [6.45, 7) is 4.48. The van der Waals surface area contributed by atoms with Gasteiger partial charge in [-0.15, -0.1) is 0 Å². The summed E-state index contributed by atoms with van der Waals surface area (Å²) in [7, 11) is 0. The average Bonchev–Trinajstić information content (AvgIpc) is 2.69. The predicted octanol–water partition coefficient (Wildman–Crippen LogP) is 5.58. The monoisotopic (exact) mass is 246 g/mol. The van der Waals surface area contributed by atoms with Gasteiger partial charge in [-0.1, -0.05) is 80.6 Å². The minimum Gasteiger partial charge on any atom is -0.0622 e. The van der Waals surface area contributed by atoms with Crippen molar-refractivity contribution in [2.75, 3.05) is 0 Å². The van der Waals surface area contributed by atoms with Gasteiger partial charge in [-0.3, -0.25) is 0 Å². The Bertz CT molecular complexity index is 650. The summed E-state index contributed by atoms with van der Waals surface area (Å²) in [6.07, 6.45) is 0. The minimum absolute atomic E-state index is 0.561. The van der Waals surface area contributed by atoms with Gasteiger partial charge in [0.05, 0.1) is 0 Å². The Kier molecular flexibility index (Phi) is 3.08. The highest BCUT2D eigenvalue weighted by molar-refractivity contribution is 5.86. The van der Waals surface area contributed by atoms with Gasteiger partial charge in [-0.2, -0.15) is 0 Å². The van der Waals surface area contributed by atoms with Crippen LogP contribution in [0, 0.1) is 0 Å². The van der Waals surface area contributed by atoms with Crippen molar-refractivity contribution >= 4 is 0 Å². The van der Waals surface area contributed by atoms with E-state index in [2.05, 4.69) is 80.6 Å². The number of fused-ring (bicyclic) bond motifs is 1. The number of hydrogen-bond donors (Lipinski definition) is 0. The summed E-state index contributed by atoms with van der Waals surface area (Å²) in [4.78, 5) is 0. The summed E-state index contributed by atoms with van der Waals surface area (Å²) >= 11 is 0. The first kappa shape index (κ1) is 12.0. The number of rotatable bonds is 2. The van der Waals surface area contributed by atoms with Crippen LogP contribution >= 0.6 is 0 Å². The number of hydrogen-bond acceptors (Lipinski definition) is 0. The number of benzene rings is 1. The fraction of sp³-hybridized carbons (Fsp3) is 0.158. The van der Waals surface area contributed by atoms with Crippen molar-refractivity contribution in [3.63, 3.8) is 0 Å². The molecule has 0 bridgehead atoms. The molecule has 2 aliphatic carbocycles. The lowest BCUT2D eigenvalue weighted by molar-refractivity contribution is 0.869. The first-order valence-corrected chi connectivity index (χ1v) is 6.84. The molecule has 0 unspecified atom stereocenters. The molecule has 0 fully saturated rings. The fourth-order valence-corrected chi connectivity index (χ4v) is 2.53. The molecular formula is C19H18. The van der Waals surface area contributed by atoms with Gasteiger partial charge in [0.15, 0.2) is 0 Å². The zero-order valence-electron chi connectivity index (χ0n) is 11.4. The summed E-state index contributed by atoms with van der Waals surface area (Å²) in [5.41, 5.74) is 6.65. The molecule has 0 heterocycles. The van der Waals surface area contributed by atoms with E-state index < -0.39 is 0 Å². The van der Waals surface area contributed by atoms with E-state index in [1.165, 1.54) is 27.8 Å². The van der Waals surface area contributed by atoms with Crippen LogP contribution in [0.15, 0.2) is 66.7 Å². The Morgan fingerprint density at radius 3 is 2.11 bits per heavy atom. The summed E-state index contributed by atoms with van der Waals surface area (Å²) < 4.78 is 0. The Balaban J connectivity index is 2.14. The molecule has 0 atom stereocenters. The lowest BCUT2D eigenvalue weighted by atomic mass is 10.0. The molecule has 0 saturated heterocycles. The highest BCUT2D eigenvalue weighted by Gasteiger charge is 2.10. The predicted molar refractivity (Wildman–Crippen MR) is 82.6 cm³/mol. The molecule has 0 aromatic heterocycles. The van der Waals surface area contributed by atoms with E-state index in [1.807, 2.05) is 0 Å². The Labute approximate surface area is 115 Å². The largest absolute Gasteiger partial charge is 0.0622 e. The van der Waals surface area contributed by atoms with Crippen LogP contribution in [-0.4, -0.2) is 0 Å². The van der Waals surface area contributed by atoms with E-state index in [4.69, 9.17) is 0 Å². The average molecular weight is 246 g/mol. The van der Waals surface area contributed by atoms with E-state index in [-0.39, 0.29) is 0 Å². The van der Waals surface area contributed by atoms with E-state index in [9.17, 15) is 0 Å². The van der Waals surface area contributed by atoms with E-state index in [0.29, 0.717) is 5.92 Å². The fourth-order valence-electron chi connectivity index (χ4n) is 2.53. The Morgan fingerprint density at radius 2 is 1.37 bits per heavy atom. The molecule has 0 nitrogen and oxygen atoms in total. The Morgan fingerprint density at radius 1 is 0.632 bits per heavy atom. The van der Waals surface area contributed by atoms with Crippen LogP contribution in [0.5, 0.6) is 0 Å². The van der Waals surface area contributed by atoms with Gasteiger partial charge in [0, 0.05) is 0 Å². The second-order valence-corrected chi connectivity index (χ2v) is 5.31. The van der Waals surface area contributed by atoms with Crippen molar-refractivity contribution in [1.82, 2.24) is 0 Å². The SMILES string of the molecule is CC(C)c1cccc2c(-c3ccccc3)ccc-2c1. The van der Waals surface area contributed by atoms with Crippen molar-refractivity contribution in [3.05, 3.63) is 72.3 Å². The molecule has 3 rings (SSSR count). The molecule has 94 valence electrons. The lowest BCUT2D eigenvalue weighted by Gasteiger charge is -2.03. The van der Waals surface area contributed by atoms with Crippen molar-refractivity contribution in [2.45, 2.75) is 19.8 Å². The summed E-state index contributed by atoms with van der Waals surface area (Å²) in [5.74, 6) is 0.561. The third-order valence-corrected chi connectivity index (χ3v) is 3.66. The first-order chi connectivity index (χ1) is 9.25. The Hall–Kier alpha value is -2.08. The maximum atomic E-state index is 2.31. The maximum absolute atomic E-state index is 2.31. The van der Waals surface area contributed by atoms with Crippen molar-refractivity contribution in [1.29, 1.82) is 0 Å². The summed E-state index contributed by atoms with van der Waals surface area (Å²) in [6, 6.07) is 24.0. The lowest BCUT2D eigenvalue weighted by Crippen LogP contribution is -1.83. The second kappa shape index (κ2) is 4.89. The van der Waals surface area contributed by atoms with Crippen molar-refractivity contribution in [3.8, 4) is 22.3 Å². The molecule has 2 aliphatic rings. The zero-order chi connectivity index (χ0) is 13.2. The third kappa shape index (κ3) is 2.26. The minimum atomic E-state index is 0.561. The van der Waals surface area contributed by atoms with Crippen LogP contribution in [0.1, 0.15) is 25.3 Å². The zero-order valence-corrected chi connectivity index (χ0v) is 11.4. The van der Waals surface area contributed by atoms with E-state index in [1.54, 1.807) is 0 Å². The molecule has 0 N–H and O–H groups in total. The molecule has 0 aliphatic heterocycles. The van der Waals surface area contributed by atoms with Gasteiger partial charge in [0.25, 0.3) is 0 Å². The van der Waals surface area contributed by atoms with Crippen LogP contribution in [0.3, 0.4) is 0 Å². The van der Waals surface area contributed by atoms with Crippen LogP contribution in [0.25, 0.3) is 22.3 Å². The smallest absolute Gasteiger partial charge is 0.0105 e. The molecule has 1 aromatic rings. The second-order valence-electron chi connectivity index (χ2n) is 5.31. The van der Waals surface area contributed by atoms with Gasteiger partial charge in [-0.25, -0.2) is 0 Å². The molecule has 0 amide bonds. The molecule has 19 heavy (non-hydrogen) atoms. The molecular weight excluding hydrogens is 228 g/mol. The maximum Gasteiger partial charge on any atom is -0.0105 e. The quantitative estimate of drug-likeness (QED) is 0.553. The highest BCUT2D eigenvalue weighted by atomic mass is 14.1. The van der Waals surface area contributed by atoms with Crippen molar-refractivity contribution < 1.29 is 0 Å². The van der Waals surface area contributed by atoms with Gasteiger partial charge in [0.2, 0.25) is 0 Å². The molecule has 0 radical (unpaired) electrons. The van der Waals surface area contributed by atoms with Crippen LogP contribution in [0.2, 0.25) is 0 Å². The molecule has 0 spiro atoms. The van der Waals surface area contributed by atoms with E-state index >= 15 is 0 Å². The summed E-state index contributed by atoms with van der Waals surface area (Å²) in [5, 5.41) is 0. The molecule has 1 aromatic carbocycles. The van der Waals surface area contributed by atoms with Gasteiger partial charge in [0.1, 0.15) is 0 Å². The molecule has 0 saturated carbocycles.